The van der Waals surface area contributed by atoms with Crippen molar-refractivity contribution in [2.45, 2.75) is 6.92 Å². The highest BCUT2D eigenvalue weighted by Gasteiger charge is 2.12. The van der Waals surface area contributed by atoms with Crippen LogP contribution in [0.3, 0.4) is 0 Å². The third kappa shape index (κ3) is 6.77. The van der Waals surface area contributed by atoms with Gasteiger partial charge in [-0.1, -0.05) is 0 Å². The van der Waals surface area contributed by atoms with E-state index in [-0.39, 0.29) is 19.1 Å². The predicted octanol–water partition coefficient (Wildman–Crippen LogP) is -1.32. The maximum absolute atomic E-state index is 11.3. The van der Waals surface area contributed by atoms with Crippen molar-refractivity contribution in [3.63, 3.8) is 0 Å². The first kappa shape index (κ1) is 14.4. The lowest BCUT2D eigenvalue weighted by atomic mass is 10.4. The molecular weight excluding hydrogens is 216 g/mol. The smallest absolute Gasteiger partial charge is 0.329 e. The average molecular weight is 232 g/mol. The van der Waals surface area contributed by atoms with Crippen molar-refractivity contribution in [3.05, 3.63) is 0 Å². The van der Waals surface area contributed by atoms with Gasteiger partial charge in [-0.15, -0.1) is 0 Å². The Balaban J connectivity index is 3.81. The second-order valence-electron chi connectivity index (χ2n) is 3.09. The number of carboxylic acid groups (broad SMARTS) is 1. The summed E-state index contributed by atoms with van der Waals surface area (Å²) in [7, 11) is 1.45. The van der Waals surface area contributed by atoms with Crippen molar-refractivity contribution in [2.24, 2.45) is 0 Å². The maximum Gasteiger partial charge on any atom is 0.329 e. The average Bonchev–Trinajstić information content (AvgIpc) is 2.17. The summed E-state index contributed by atoms with van der Waals surface area (Å²) in [4.78, 5) is 33.7. The summed E-state index contributed by atoms with van der Waals surface area (Å²) in [6.45, 7) is 1.33. The molecule has 0 aromatic carbocycles. The lowest BCUT2D eigenvalue weighted by molar-refractivity contribution is -0.146. The van der Waals surface area contributed by atoms with Gasteiger partial charge in [-0.2, -0.15) is 0 Å². The molecule has 0 rings (SSSR count). The lowest BCUT2D eigenvalue weighted by Gasteiger charge is -2.16. The normalized spacial score (nSPS) is 9.62. The van der Waals surface area contributed by atoms with Gasteiger partial charge in [0.2, 0.25) is 11.8 Å². The van der Waals surface area contributed by atoms with Gasteiger partial charge < -0.3 is 20.1 Å². The first-order valence-electron chi connectivity index (χ1n) is 4.77. The Labute approximate surface area is 93.4 Å². The van der Waals surface area contributed by atoms with Crippen molar-refractivity contribution >= 4 is 17.8 Å². The van der Waals surface area contributed by atoms with E-state index in [1.807, 2.05) is 0 Å². The molecule has 0 aromatic heterocycles. The molecule has 0 spiro atoms. The minimum atomic E-state index is -1.14. The van der Waals surface area contributed by atoms with Crippen LogP contribution in [0.15, 0.2) is 0 Å². The topological polar surface area (TPSA) is 95.9 Å². The van der Waals surface area contributed by atoms with Crippen LogP contribution in [-0.4, -0.2) is 61.1 Å². The standard InChI is InChI=1S/C9H16N2O5/c1-3-10-7(12)4-11(2)8(13)5-16-6-9(14)15/h3-6H2,1-2H3,(H,10,12)(H,14,15). The highest BCUT2D eigenvalue weighted by Crippen LogP contribution is 1.87. The molecule has 16 heavy (non-hydrogen) atoms. The van der Waals surface area contributed by atoms with Crippen molar-refractivity contribution in [3.8, 4) is 0 Å². The molecule has 0 fully saturated rings. The van der Waals surface area contributed by atoms with Gasteiger partial charge in [-0.3, -0.25) is 9.59 Å². The maximum atomic E-state index is 11.3. The summed E-state index contributed by atoms with van der Waals surface area (Å²) in [5, 5.41) is 10.8. The number of nitrogens with one attached hydrogen (secondary N) is 1. The molecule has 7 nitrogen and oxygen atoms in total. The van der Waals surface area contributed by atoms with E-state index in [9.17, 15) is 14.4 Å². The fraction of sp³-hybridized carbons (Fsp3) is 0.667. The molecule has 0 aliphatic carbocycles. The Bertz CT molecular complexity index is 267. The number of ether oxygens (including phenoxy) is 1. The fourth-order valence-electron chi connectivity index (χ4n) is 0.893. The van der Waals surface area contributed by atoms with Crippen molar-refractivity contribution in [1.82, 2.24) is 10.2 Å². The zero-order chi connectivity index (χ0) is 12.6. The van der Waals surface area contributed by atoms with Gasteiger partial charge >= 0.3 is 5.97 Å². The Hall–Kier alpha value is -1.63. The first-order valence-corrected chi connectivity index (χ1v) is 4.77. The van der Waals surface area contributed by atoms with E-state index in [4.69, 9.17) is 5.11 Å². The number of amides is 2. The van der Waals surface area contributed by atoms with Crippen LogP contribution in [0, 0.1) is 0 Å². The van der Waals surface area contributed by atoms with E-state index in [1.165, 1.54) is 11.9 Å². The summed E-state index contributed by atoms with van der Waals surface area (Å²) >= 11 is 0. The Morgan fingerprint density at radius 3 is 2.44 bits per heavy atom. The summed E-state index contributed by atoms with van der Waals surface area (Å²) in [5.74, 6) is -1.84. The van der Waals surface area contributed by atoms with Crippen molar-refractivity contribution < 1.29 is 24.2 Å². The van der Waals surface area contributed by atoms with Gasteiger partial charge in [0.15, 0.2) is 0 Å². The van der Waals surface area contributed by atoms with E-state index in [0.29, 0.717) is 6.54 Å². The number of rotatable bonds is 7. The fourth-order valence-corrected chi connectivity index (χ4v) is 0.893. The lowest BCUT2D eigenvalue weighted by Crippen LogP contribution is -2.39. The molecule has 0 saturated carbocycles. The Kier molecular flexibility index (Phi) is 6.86. The molecule has 7 heteroatoms. The van der Waals surface area contributed by atoms with Gasteiger partial charge in [-0.25, -0.2) is 4.79 Å². The number of carbonyl (C=O) groups excluding carboxylic acids is 2. The highest BCUT2D eigenvalue weighted by atomic mass is 16.5. The second-order valence-corrected chi connectivity index (χ2v) is 3.09. The molecular formula is C9H16N2O5. The van der Waals surface area contributed by atoms with Crippen LogP contribution in [0.1, 0.15) is 6.92 Å². The minimum absolute atomic E-state index is 0.0664. The largest absolute Gasteiger partial charge is 0.480 e. The molecule has 2 N–H and O–H groups in total. The van der Waals surface area contributed by atoms with E-state index in [1.54, 1.807) is 6.92 Å². The van der Waals surface area contributed by atoms with Gasteiger partial charge in [0.25, 0.3) is 0 Å². The highest BCUT2D eigenvalue weighted by molar-refractivity contribution is 5.85. The molecule has 92 valence electrons. The summed E-state index contributed by atoms with van der Waals surface area (Å²) in [6, 6.07) is 0. The van der Waals surface area contributed by atoms with Crippen molar-refractivity contribution in [1.29, 1.82) is 0 Å². The zero-order valence-electron chi connectivity index (χ0n) is 9.36. The Morgan fingerprint density at radius 1 is 1.31 bits per heavy atom. The predicted molar refractivity (Wildman–Crippen MR) is 54.8 cm³/mol. The number of carbonyl (C=O) groups is 3. The zero-order valence-corrected chi connectivity index (χ0v) is 9.36. The molecule has 0 radical (unpaired) electrons. The molecule has 0 heterocycles. The molecule has 0 bridgehead atoms. The minimum Gasteiger partial charge on any atom is -0.480 e. The van der Waals surface area contributed by atoms with Crippen LogP contribution >= 0.6 is 0 Å². The van der Waals surface area contributed by atoms with Crippen LogP contribution in [-0.2, 0) is 19.1 Å². The summed E-state index contributed by atoms with van der Waals surface area (Å²) in [5.41, 5.74) is 0. The van der Waals surface area contributed by atoms with E-state index in [2.05, 4.69) is 10.1 Å². The number of aliphatic carboxylic acids is 1. The summed E-state index contributed by atoms with van der Waals surface area (Å²) in [6.07, 6.45) is 0. The number of likely N-dealkylation sites (N-methyl/N-ethyl adjacent to an activating group) is 2. The quantitative estimate of drug-likeness (QED) is 0.567. The van der Waals surface area contributed by atoms with Gasteiger partial charge in [-0.05, 0) is 6.92 Å². The van der Waals surface area contributed by atoms with E-state index < -0.39 is 18.5 Å². The Morgan fingerprint density at radius 2 is 1.94 bits per heavy atom. The number of hydrogen-bond acceptors (Lipinski definition) is 4. The molecule has 2 amide bonds. The summed E-state index contributed by atoms with van der Waals surface area (Å²) < 4.78 is 4.60. The molecule has 0 aromatic rings. The van der Waals surface area contributed by atoms with Crippen molar-refractivity contribution in [2.75, 3.05) is 33.4 Å². The SMILES string of the molecule is CCNC(=O)CN(C)C(=O)COCC(=O)O. The van der Waals surface area contributed by atoms with Gasteiger partial charge in [0.05, 0.1) is 6.54 Å². The van der Waals surface area contributed by atoms with Crippen LogP contribution in [0.25, 0.3) is 0 Å². The van der Waals surface area contributed by atoms with Crippen LogP contribution in [0.2, 0.25) is 0 Å². The molecule has 0 atom stereocenters. The second kappa shape index (κ2) is 7.63. The number of nitrogens with zero attached hydrogens (tertiary/aromatic N) is 1. The molecule has 0 aliphatic heterocycles. The van der Waals surface area contributed by atoms with Crippen LogP contribution in [0.4, 0.5) is 0 Å². The van der Waals surface area contributed by atoms with Gasteiger partial charge in [0, 0.05) is 13.6 Å². The van der Waals surface area contributed by atoms with E-state index >= 15 is 0 Å². The van der Waals surface area contributed by atoms with Crippen LogP contribution < -0.4 is 5.32 Å². The molecule has 0 aliphatic rings. The van der Waals surface area contributed by atoms with E-state index in [0.717, 1.165) is 0 Å². The third-order valence-corrected chi connectivity index (χ3v) is 1.63. The van der Waals surface area contributed by atoms with Gasteiger partial charge in [0.1, 0.15) is 13.2 Å². The van der Waals surface area contributed by atoms with Crippen LogP contribution in [0.5, 0.6) is 0 Å². The monoisotopic (exact) mass is 232 g/mol. The number of carboxylic acids is 1. The third-order valence-electron chi connectivity index (χ3n) is 1.63. The number of hydrogen-bond donors (Lipinski definition) is 2. The first-order chi connectivity index (χ1) is 7.47. The molecule has 0 unspecified atom stereocenters. The molecule has 0 saturated heterocycles.